The summed E-state index contributed by atoms with van der Waals surface area (Å²) < 4.78 is 29.2. The molecule has 0 bridgehead atoms. The Kier molecular flexibility index (Phi) is 6.32. The maximum atomic E-state index is 12.2. The van der Waals surface area contributed by atoms with E-state index in [1.165, 1.54) is 0 Å². The Morgan fingerprint density at radius 2 is 1.56 bits per heavy atom. The first-order chi connectivity index (χ1) is 8.30. The molecule has 0 aromatic rings. The van der Waals surface area contributed by atoms with Gasteiger partial charge in [0.05, 0.1) is 24.4 Å². The largest absolute Gasteiger partial charge is 0.373 e. The van der Waals surface area contributed by atoms with Crippen molar-refractivity contribution in [2.75, 3.05) is 6.66 Å². The summed E-state index contributed by atoms with van der Waals surface area (Å²) in [5.74, 6) is 0. The molecule has 5 heteroatoms. The first kappa shape index (κ1) is 16.2. The van der Waals surface area contributed by atoms with Crippen LogP contribution in [0.4, 0.5) is 0 Å². The Bertz CT molecular complexity index is 291. The van der Waals surface area contributed by atoms with Crippen molar-refractivity contribution in [3.05, 3.63) is 0 Å². The van der Waals surface area contributed by atoms with Gasteiger partial charge in [0, 0.05) is 6.66 Å². The molecular weight excluding hydrogens is 251 g/mol. The van der Waals surface area contributed by atoms with E-state index in [9.17, 15) is 4.57 Å². The van der Waals surface area contributed by atoms with E-state index in [2.05, 4.69) is 0 Å². The van der Waals surface area contributed by atoms with E-state index in [1.54, 1.807) is 6.66 Å². The van der Waals surface area contributed by atoms with Crippen molar-refractivity contribution in [1.82, 2.24) is 0 Å². The summed E-state index contributed by atoms with van der Waals surface area (Å²) in [5, 5.41) is 0. The van der Waals surface area contributed by atoms with Gasteiger partial charge in [0.25, 0.3) is 0 Å². The van der Waals surface area contributed by atoms with Crippen LogP contribution >= 0.6 is 7.60 Å². The minimum atomic E-state index is -2.98. The maximum absolute atomic E-state index is 12.2. The minimum absolute atomic E-state index is 0.0442. The van der Waals surface area contributed by atoms with E-state index < -0.39 is 7.60 Å². The molecule has 0 aromatic carbocycles. The van der Waals surface area contributed by atoms with Gasteiger partial charge in [0.2, 0.25) is 0 Å². The van der Waals surface area contributed by atoms with Gasteiger partial charge < -0.3 is 13.8 Å². The van der Waals surface area contributed by atoms with Crippen LogP contribution in [-0.4, -0.2) is 31.1 Å². The third-order valence-corrected chi connectivity index (χ3v) is 4.28. The molecule has 4 nitrogen and oxygen atoms in total. The Balaban J connectivity index is 2.58. The Labute approximate surface area is 111 Å². The van der Waals surface area contributed by atoms with Gasteiger partial charge in [-0.3, -0.25) is 4.57 Å². The van der Waals surface area contributed by atoms with Crippen LogP contribution in [0.5, 0.6) is 0 Å². The third kappa shape index (κ3) is 5.83. The van der Waals surface area contributed by atoms with E-state index in [-0.39, 0.29) is 24.4 Å². The average molecular weight is 278 g/mol. The molecule has 0 heterocycles. The lowest BCUT2D eigenvalue weighted by Crippen LogP contribution is -2.36. The third-order valence-electron chi connectivity index (χ3n) is 2.82. The van der Waals surface area contributed by atoms with Crippen LogP contribution in [0.1, 0.15) is 53.4 Å². The summed E-state index contributed by atoms with van der Waals surface area (Å²) >= 11 is 0. The molecule has 1 aliphatic carbocycles. The SMILES string of the molecule is CC(C)OC1CCCCC1OP(C)(=O)OC(C)C. The highest BCUT2D eigenvalue weighted by Crippen LogP contribution is 2.48. The smallest absolute Gasteiger partial charge is 0.328 e. The summed E-state index contributed by atoms with van der Waals surface area (Å²) in [6.45, 7) is 9.31. The van der Waals surface area contributed by atoms with Crippen LogP contribution in [-0.2, 0) is 18.3 Å². The van der Waals surface area contributed by atoms with Crippen molar-refractivity contribution in [2.24, 2.45) is 0 Å². The zero-order valence-corrected chi connectivity index (χ0v) is 13.1. The van der Waals surface area contributed by atoms with Gasteiger partial charge in [-0.05, 0) is 40.5 Å². The second-order valence-electron chi connectivity index (χ2n) is 5.58. The van der Waals surface area contributed by atoms with Crippen molar-refractivity contribution in [3.8, 4) is 0 Å². The molecule has 0 aromatic heterocycles. The summed E-state index contributed by atoms with van der Waals surface area (Å²) in [6.07, 6.45) is 4.15. The standard InChI is InChI=1S/C13H27O4P/c1-10(2)15-12-8-6-7-9-13(12)17-18(5,14)16-11(3)4/h10-13H,6-9H2,1-5H3. The molecule has 1 fully saturated rings. The second kappa shape index (κ2) is 7.04. The van der Waals surface area contributed by atoms with Gasteiger partial charge in [0.1, 0.15) is 0 Å². The minimum Gasteiger partial charge on any atom is -0.373 e. The van der Waals surface area contributed by atoms with E-state index in [1.807, 2.05) is 27.7 Å². The number of hydrogen-bond donors (Lipinski definition) is 0. The van der Waals surface area contributed by atoms with Gasteiger partial charge >= 0.3 is 7.60 Å². The predicted octanol–water partition coefficient (Wildman–Crippen LogP) is 3.99. The zero-order valence-electron chi connectivity index (χ0n) is 12.2. The molecule has 1 saturated carbocycles. The van der Waals surface area contributed by atoms with Gasteiger partial charge in [0.15, 0.2) is 0 Å². The molecule has 0 radical (unpaired) electrons. The monoisotopic (exact) mass is 278 g/mol. The summed E-state index contributed by atoms with van der Waals surface area (Å²) in [5.41, 5.74) is 0. The number of hydrogen-bond acceptors (Lipinski definition) is 4. The molecule has 0 N–H and O–H groups in total. The molecule has 0 amide bonds. The average Bonchev–Trinajstić information content (AvgIpc) is 2.17. The summed E-state index contributed by atoms with van der Waals surface area (Å²) in [4.78, 5) is 0. The van der Waals surface area contributed by atoms with Crippen molar-refractivity contribution < 1.29 is 18.3 Å². The Hall–Kier alpha value is 0.110. The molecule has 3 unspecified atom stereocenters. The van der Waals surface area contributed by atoms with E-state index in [0.29, 0.717) is 0 Å². The van der Waals surface area contributed by atoms with Gasteiger partial charge in [-0.25, -0.2) is 0 Å². The molecule has 1 rings (SSSR count). The molecule has 0 spiro atoms. The summed E-state index contributed by atoms with van der Waals surface area (Å²) in [7, 11) is -2.98. The first-order valence-electron chi connectivity index (χ1n) is 6.90. The fraction of sp³-hybridized carbons (Fsp3) is 1.00. The highest BCUT2D eigenvalue weighted by atomic mass is 31.2. The van der Waals surface area contributed by atoms with Crippen LogP contribution < -0.4 is 0 Å². The van der Waals surface area contributed by atoms with Crippen LogP contribution in [0.25, 0.3) is 0 Å². The van der Waals surface area contributed by atoms with Gasteiger partial charge in [-0.1, -0.05) is 12.8 Å². The van der Waals surface area contributed by atoms with Gasteiger partial charge in [-0.15, -0.1) is 0 Å². The van der Waals surface area contributed by atoms with Gasteiger partial charge in [-0.2, -0.15) is 0 Å². The van der Waals surface area contributed by atoms with E-state index >= 15 is 0 Å². The summed E-state index contributed by atoms with van der Waals surface area (Å²) in [6, 6.07) is 0. The maximum Gasteiger partial charge on any atom is 0.328 e. The fourth-order valence-electron chi connectivity index (χ4n) is 2.34. The quantitative estimate of drug-likeness (QED) is 0.689. The Morgan fingerprint density at radius 3 is 2.06 bits per heavy atom. The number of ether oxygens (including phenoxy) is 1. The van der Waals surface area contributed by atoms with E-state index in [0.717, 1.165) is 25.7 Å². The molecule has 1 aliphatic rings. The highest BCUT2D eigenvalue weighted by Gasteiger charge is 2.33. The topological polar surface area (TPSA) is 44.8 Å². The molecule has 3 atom stereocenters. The Morgan fingerprint density at radius 1 is 1.00 bits per heavy atom. The predicted molar refractivity (Wildman–Crippen MR) is 73.1 cm³/mol. The lowest BCUT2D eigenvalue weighted by molar-refractivity contribution is -0.0776. The normalized spacial score (nSPS) is 28.6. The lowest BCUT2D eigenvalue weighted by atomic mass is 9.95. The van der Waals surface area contributed by atoms with Crippen molar-refractivity contribution in [2.45, 2.75) is 77.8 Å². The molecule has 0 aliphatic heterocycles. The molecule has 18 heavy (non-hydrogen) atoms. The van der Waals surface area contributed by atoms with Crippen LogP contribution in [0.15, 0.2) is 0 Å². The highest BCUT2D eigenvalue weighted by molar-refractivity contribution is 7.53. The van der Waals surface area contributed by atoms with Crippen LogP contribution in [0, 0.1) is 0 Å². The fourth-order valence-corrected chi connectivity index (χ4v) is 3.89. The van der Waals surface area contributed by atoms with Crippen molar-refractivity contribution in [1.29, 1.82) is 0 Å². The first-order valence-corrected chi connectivity index (χ1v) is 8.89. The second-order valence-corrected chi connectivity index (χ2v) is 7.54. The van der Waals surface area contributed by atoms with Crippen molar-refractivity contribution in [3.63, 3.8) is 0 Å². The van der Waals surface area contributed by atoms with Crippen molar-refractivity contribution >= 4 is 7.60 Å². The zero-order chi connectivity index (χ0) is 13.8. The van der Waals surface area contributed by atoms with E-state index in [4.69, 9.17) is 13.8 Å². The molecular formula is C13H27O4P. The lowest BCUT2D eigenvalue weighted by Gasteiger charge is -2.34. The van der Waals surface area contributed by atoms with Crippen LogP contribution in [0.3, 0.4) is 0 Å². The molecule has 0 saturated heterocycles. The number of rotatable bonds is 6. The molecule has 108 valence electrons. The van der Waals surface area contributed by atoms with Crippen LogP contribution in [0.2, 0.25) is 0 Å².